The van der Waals surface area contributed by atoms with Crippen molar-refractivity contribution < 1.29 is 23.5 Å². The molecule has 1 heterocycles. The van der Waals surface area contributed by atoms with E-state index in [0.717, 1.165) is 4.47 Å². The molecule has 3 aromatic carbocycles. The minimum absolute atomic E-state index is 0.0880. The van der Waals surface area contributed by atoms with Crippen molar-refractivity contribution in [3.05, 3.63) is 99.0 Å². The van der Waals surface area contributed by atoms with Crippen LogP contribution in [0.1, 0.15) is 31.8 Å². The van der Waals surface area contributed by atoms with Crippen LogP contribution in [0.4, 0.5) is 4.39 Å². The summed E-state index contributed by atoms with van der Waals surface area (Å²) in [5.74, 6) is -0.500. The minimum Gasteiger partial charge on any atom is -0.452 e. The maximum absolute atomic E-state index is 13.4. The second kappa shape index (κ2) is 7.64. The van der Waals surface area contributed by atoms with E-state index in [0.29, 0.717) is 33.8 Å². The number of esters is 1. The molecule has 0 saturated heterocycles. The van der Waals surface area contributed by atoms with Crippen LogP contribution >= 0.6 is 15.9 Å². The number of halogens is 2. The van der Waals surface area contributed by atoms with Crippen LogP contribution in [0, 0.1) is 12.7 Å². The molecule has 0 unspecified atom stereocenters. The van der Waals surface area contributed by atoms with Crippen molar-refractivity contribution in [3.8, 4) is 11.5 Å². The van der Waals surface area contributed by atoms with Gasteiger partial charge in [-0.3, -0.25) is 4.79 Å². The Labute approximate surface area is 174 Å². The van der Waals surface area contributed by atoms with Gasteiger partial charge in [-0.15, -0.1) is 0 Å². The van der Waals surface area contributed by atoms with Crippen molar-refractivity contribution in [2.24, 2.45) is 0 Å². The summed E-state index contributed by atoms with van der Waals surface area (Å²) in [6.07, 6.45) is 1.48. The van der Waals surface area contributed by atoms with Gasteiger partial charge in [0.2, 0.25) is 5.78 Å². The van der Waals surface area contributed by atoms with Crippen molar-refractivity contribution in [2.45, 2.75) is 6.92 Å². The minimum atomic E-state index is -0.514. The first kappa shape index (κ1) is 19.1. The number of benzene rings is 3. The fourth-order valence-corrected chi connectivity index (χ4v) is 3.24. The largest absolute Gasteiger partial charge is 0.452 e. The smallest absolute Gasteiger partial charge is 0.343 e. The van der Waals surface area contributed by atoms with Crippen LogP contribution in [0.3, 0.4) is 0 Å². The van der Waals surface area contributed by atoms with Crippen LogP contribution in [0.25, 0.3) is 6.08 Å². The molecular weight excluding hydrogens is 439 g/mol. The maximum Gasteiger partial charge on any atom is 0.343 e. The molecule has 0 atom stereocenters. The van der Waals surface area contributed by atoms with Gasteiger partial charge in [0.15, 0.2) is 5.76 Å². The van der Waals surface area contributed by atoms with Crippen molar-refractivity contribution in [1.29, 1.82) is 0 Å². The highest BCUT2D eigenvalue weighted by molar-refractivity contribution is 9.10. The van der Waals surface area contributed by atoms with Gasteiger partial charge in [-0.05, 0) is 67.1 Å². The van der Waals surface area contributed by atoms with Gasteiger partial charge in [0, 0.05) is 10.0 Å². The van der Waals surface area contributed by atoms with Gasteiger partial charge in [-0.25, -0.2) is 9.18 Å². The van der Waals surface area contributed by atoms with Gasteiger partial charge < -0.3 is 9.47 Å². The number of carbonyl (C=O) groups excluding carboxylic acids is 2. The highest BCUT2D eigenvalue weighted by Crippen LogP contribution is 2.39. The number of allylic oxidation sites excluding steroid dienone is 1. The number of ether oxygens (including phenoxy) is 2. The van der Waals surface area contributed by atoms with E-state index in [-0.39, 0.29) is 11.5 Å². The Balaban J connectivity index is 1.61. The molecule has 0 bridgehead atoms. The highest BCUT2D eigenvalue weighted by Gasteiger charge is 2.30. The lowest BCUT2D eigenvalue weighted by Crippen LogP contribution is -2.09. The quantitative estimate of drug-likeness (QED) is 0.289. The zero-order valence-corrected chi connectivity index (χ0v) is 16.8. The fourth-order valence-electron chi connectivity index (χ4n) is 2.97. The summed E-state index contributed by atoms with van der Waals surface area (Å²) in [7, 11) is 0. The summed E-state index contributed by atoms with van der Waals surface area (Å²) in [5, 5.41) is 0. The van der Waals surface area contributed by atoms with E-state index in [4.69, 9.17) is 9.47 Å². The Morgan fingerprint density at radius 2 is 1.86 bits per heavy atom. The average Bonchev–Trinajstić information content (AvgIpc) is 3.01. The van der Waals surface area contributed by atoms with E-state index in [2.05, 4.69) is 15.9 Å². The number of carbonyl (C=O) groups is 2. The zero-order chi connectivity index (χ0) is 20.5. The SMILES string of the molecule is Cc1c(OC(=O)c2ccc(Br)cc2)ccc2c1O/C(=C\c1cccc(F)c1)C2=O. The van der Waals surface area contributed by atoms with Gasteiger partial charge in [-0.2, -0.15) is 0 Å². The third-order valence-corrected chi connectivity index (χ3v) is 4.99. The molecule has 4 nitrogen and oxygen atoms in total. The summed E-state index contributed by atoms with van der Waals surface area (Å²) in [5.41, 5.74) is 1.81. The number of Topliss-reactive ketones (excluding diaryl/α,β-unsaturated/α-hetero) is 1. The second-order valence-corrected chi connectivity index (χ2v) is 7.37. The molecule has 0 spiro atoms. The standard InChI is InChI=1S/C23H14BrFO4/c1-13-19(29-23(27)15-5-7-16(24)8-6-15)10-9-18-21(26)20(28-22(13)18)12-14-3-2-4-17(25)11-14/h2-12H,1H3/b20-12-. The zero-order valence-electron chi connectivity index (χ0n) is 15.2. The average molecular weight is 453 g/mol. The molecule has 0 aromatic heterocycles. The summed E-state index contributed by atoms with van der Waals surface area (Å²) in [6, 6.07) is 15.8. The fraction of sp³-hybridized carbons (Fsp3) is 0.0435. The van der Waals surface area contributed by atoms with E-state index in [1.165, 1.54) is 18.2 Å². The van der Waals surface area contributed by atoms with Crippen molar-refractivity contribution in [2.75, 3.05) is 0 Å². The Bertz CT molecular complexity index is 1170. The molecule has 0 aliphatic carbocycles. The first-order valence-corrected chi connectivity index (χ1v) is 9.53. The molecule has 0 radical (unpaired) electrons. The Morgan fingerprint density at radius 3 is 2.59 bits per heavy atom. The Hall–Kier alpha value is -3.25. The molecule has 0 saturated carbocycles. The molecule has 6 heteroatoms. The summed E-state index contributed by atoms with van der Waals surface area (Å²) < 4.78 is 25.5. The Kier molecular flexibility index (Phi) is 5.03. The van der Waals surface area contributed by atoms with Crippen LogP contribution in [-0.2, 0) is 0 Å². The molecule has 1 aliphatic heterocycles. The molecule has 1 aliphatic rings. The van der Waals surface area contributed by atoms with E-state index in [1.54, 1.807) is 55.5 Å². The third-order valence-electron chi connectivity index (χ3n) is 4.47. The van der Waals surface area contributed by atoms with E-state index in [1.807, 2.05) is 0 Å². The van der Waals surface area contributed by atoms with Gasteiger partial charge in [0.05, 0.1) is 11.1 Å². The summed E-state index contributed by atoms with van der Waals surface area (Å²) in [6.45, 7) is 1.71. The van der Waals surface area contributed by atoms with Gasteiger partial charge in [0.1, 0.15) is 17.3 Å². The lowest BCUT2D eigenvalue weighted by molar-refractivity contribution is 0.0733. The van der Waals surface area contributed by atoms with Crippen LogP contribution in [0.2, 0.25) is 0 Å². The lowest BCUT2D eigenvalue weighted by Gasteiger charge is -2.10. The third kappa shape index (κ3) is 3.84. The second-order valence-electron chi connectivity index (χ2n) is 6.46. The van der Waals surface area contributed by atoms with E-state index >= 15 is 0 Å². The Morgan fingerprint density at radius 1 is 1.10 bits per heavy atom. The lowest BCUT2D eigenvalue weighted by atomic mass is 10.1. The maximum atomic E-state index is 13.4. The van der Waals surface area contributed by atoms with Crippen LogP contribution in [0.15, 0.2) is 70.9 Å². The predicted molar refractivity (Wildman–Crippen MR) is 110 cm³/mol. The van der Waals surface area contributed by atoms with E-state index < -0.39 is 11.8 Å². The number of rotatable bonds is 3. The number of fused-ring (bicyclic) bond motifs is 1. The molecule has 0 fully saturated rings. The first-order chi connectivity index (χ1) is 13.9. The molecule has 0 N–H and O–H groups in total. The highest BCUT2D eigenvalue weighted by atomic mass is 79.9. The monoisotopic (exact) mass is 452 g/mol. The molecule has 144 valence electrons. The molecule has 3 aromatic rings. The van der Waals surface area contributed by atoms with Crippen molar-refractivity contribution in [1.82, 2.24) is 0 Å². The molecule has 29 heavy (non-hydrogen) atoms. The topological polar surface area (TPSA) is 52.6 Å². The first-order valence-electron chi connectivity index (χ1n) is 8.73. The van der Waals surface area contributed by atoms with Crippen LogP contribution < -0.4 is 9.47 Å². The summed E-state index contributed by atoms with van der Waals surface area (Å²) in [4.78, 5) is 25.0. The van der Waals surface area contributed by atoms with Gasteiger partial charge in [-0.1, -0.05) is 28.1 Å². The van der Waals surface area contributed by atoms with Crippen molar-refractivity contribution in [3.63, 3.8) is 0 Å². The molecule has 4 rings (SSSR count). The summed E-state index contributed by atoms with van der Waals surface area (Å²) >= 11 is 3.32. The number of hydrogen-bond acceptors (Lipinski definition) is 4. The van der Waals surface area contributed by atoms with Crippen LogP contribution in [0.5, 0.6) is 11.5 Å². The van der Waals surface area contributed by atoms with Crippen LogP contribution in [-0.4, -0.2) is 11.8 Å². The van der Waals surface area contributed by atoms with Gasteiger partial charge >= 0.3 is 5.97 Å². The van der Waals surface area contributed by atoms with Gasteiger partial charge in [0.25, 0.3) is 0 Å². The molecular formula is C23H14BrFO4. The predicted octanol–water partition coefficient (Wildman–Crippen LogP) is 5.73. The normalized spacial score (nSPS) is 13.9. The molecule has 0 amide bonds. The van der Waals surface area contributed by atoms with Crippen molar-refractivity contribution >= 4 is 33.8 Å². The van der Waals surface area contributed by atoms with E-state index in [9.17, 15) is 14.0 Å². The number of ketones is 1. The number of hydrogen-bond donors (Lipinski definition) is 0.